The van der Waals surface area contributed by atoms with E-state index >= 15 is 0 Å². The normalized spacial score (nSPS) is 10.6. The molecule has 0 aliphatic carbocycles. The molecule has 0 saturated heterocycles. The van der Waals surface area contributed by atoms with Crippen molar-refractivity contribution in [2.24, 2.45) is 0 Å². The van der Waals surface area contributed by atoms with Crippen LogP contribution in [-0.4, -0.2) is 4.57 Å². The van der Waals surface area contributed by atoms with Gasteiger partial charge in [0, 0.05) is 12.4 Å². The topological polar surface area (TPSA) is 8.81 Å². The van der Waals surface area contributed by atoms with Crippen LogP contribution in [0.5, 0.6) is 0 Å². The molecule has 0 saturated carbocycles. The summed E-state index contributed by atoms with van der Waals surface area (Å²) in [7, 11) is 0. The summed E-state index contributed by atoms with van der Waals surface area (Å²) < 4.78 is 29.2. The van der Waals surface area contributed by atoms with Crippen LogP contribution in [0, 0.1) is 18.0 Å². The van der Waals surface area contributed by atoms with Crippen molar-refractivity contribution in [1.82, 2.24) is 4.57 Å². The first-order valence-corrected chi connectivity index (χ1v) is 5.76. The fourth-order valence-electron chi connectivity index (χ4n) is 1.81. The lowest BCUT2D eigenvalue weighted by Crippen LogP contribution is -2.28. The highest BCUT2D eigenvalue weighted by Gasteiger charge is 2.02. The van der Waals surface area contributed by atoms with Crippen LogP contribution in [0.25, 0.3) is 11.4 Å². The predicted octanol–water partition coefficient (Wildman–Crippen LogP) is 2.83. The summed E-state index contributed by atoms with van der Waals surface area (Å²) in [6.45, 7) is 0. The summed E-state index contributed by atoms with van der Waals surface area (Å²) >= 11 is 0. The van der Waals surface area contributed by atoms with Gasteiger partial charge in [0.2, 0.25) is 0 Å². The van der Waals surface area contributed by atoms with E-state index in [1.165, 1.54) is 24.3 Å². The molecule has 0 amide bonds. The van der Waals surface area contributed by atoms with Gasteiger partial charge < -0.3 is 0 Å². The first-order chi connectivity index (χ1) is 9.22. The fraction of sp³-hybridized carbons (Fsp3) is 0. The molecule has 0 N–H and O–H groups in total. The zero-order chi connectivity index (χ0) is 13.2. The monoisotopic (exact) mass is 256 g/mol. The zero-order valence-electron chi connectivity index (χ0n) is 9.92. The number of imidazole rings is 1. The molecule has 2 aromatic carbocycles. The van der Waals surface area contributed by atoms with Crippen molar-refractivity contribution in [3.05, 3.63) is 78.9 Å². The third kappa shape index (κ3) is 2.38. The van der Waals surface area contributed by atoms with Crippen LogP contribution >= 0.6 is 0 Å². The Kier molecular flexibility index (Phi) is 2.83. The summed E-state index contributed by atoms with van der Waals surface area (Å²) in [5.41, 5.74) is 1.62. The molecule has 0 radical (unpaired) electrons. The van der Waals surface area contributed by atoms with E-state index in [4.69, 9.17) is 0 Å². The number of aromatic nitrogens is 2. The molecule has 0 unspecified atom stereocenters. The van der Waals surface area contributed by atoms with Gasteiger partial charge in [0.05, 0.1) is 11.4 Å². The molecule has 2 nitrogen and oxygen atoms in total. The van der Waals surface area contributed by atoms with E-state index in [0.717, 1.165) is 11.4 Å². The van der Waals surface area contributed by atoms with Crippen LogP contribution in [-0.2, 0) is 0 Å². The van der Waals surface area contributed by atoms with E-state index in [1.807, 2.05) is 0 Å². The predicted molar refractivity (Wildman–Crippen MR) is 66.1 cm³/mol. The number of nitrogens with zero attached hydrogens (tertiary/aromatic N) is 2. The fourth-order valence-corrected chi connectivity index (χ4v) is 1.81. The van der Waals surface area contributed by atoms with Gasteiger partial charge in [-0.15, -0.1) is 0 Å². The highest BCUT2D eigenvalue weighted by molar-refractivity contribution is 5.31. The Labute approximate surface area is 109 Å². The smallest absolute Gasteiger partial charge is 0.268 e. The molecule has 0 aliphatic heterocycles. The highest BCUT2D eigenvalue weighted by Crippen LogP contribution is 2.08. The highest BCUT2D eigenvalue weighted by atomic mass is 19.1. The maximum Gasteiger partial charge on any atom is 0.268 e. The Bertz CT molecular complexity index is 625. The van der Waals surface area contributed by atoms with E-state index in [0.29, 0.717) is 0 Å². The van der Waals surface area contributed by atoms with Gasteiger partial charge in [-0.3, -0.25) is 9.13 Å². The number of hydrogen-bond acceptors (Lipinski definition) is 0. The van der Waals surface area contributed by atoms with Crippen LogP contribution in [0.4, 0.5) is 8.78 Å². The zero-order valence-corrected chi connectivity index (χ0v) is 9.92. The lowest BCUT2D eigenvalue weighted by molar-refractivity contribution is -0.599. The molecule has 0 spiro atoms. The lowest BCUT2D eigenvalue weighted by atomic mass is 10.3. The maximum absolute atomic E-state index is 12.9. The second kappa shape index (κ2) is 4.65. The van der Waals surface area contributed by atoms with Crippen LogP contribution in [0.3, 0.4) is 0 Å². The average Bonchev–Trinajstić information content (AvgIpc) is 2.90. The second-order valence-electron chi connectivity index (χ2n) is 4.09. The van der Waals surface area contributed by atoms with Crippen molar-refractivity contribution in [2.75, 3.05) is 0 Å². The number of benzene rings is 2. The number of hydrogen-bond donors (Lipinski definition) is 0. The first kappa shape index (κ1) is 11.6. The first-order valence-electron chi connectivity index (χ1n) is 5.76. The molecule has 1 heterocycles. The Balaban J connectivity index is 1.95. The summed E-state index contributed by atoms with van der Waals surface area (Å²) in [5.74, 6) is -0.551. The third-order valence-electron chi connectivity index (χ3n) is 2.79. The van der Waals surface area contributed by atoms with Gasteiger partial charge in [-0.1, -0.05) is 0 Å². The molecular weight excluding hydrogens is 246 g/mol. The van der Waals surface area contributed by atoms with E-state index in [2.05, 4.69) is 6.33 Å². The van der Waals surface area contributed by atoms with Crippen molar-refractivity contribution < 1.29 is 13.3 Å². The van der Waals surface area contributed by atoms with Crippen molar-refractivity contribution in [3.8, 4) is 11.4 Å². The van der Waals surface area contributed by atoms with Crippen LogP contribution in [0.2, 0.25) is 0 Å². The summed E-state index contributed by atoms with van der Waals surface area (Å²) in [5, 5.41) is 0. The Hall–Kier alpha value is -2.49. The standard InChI is InChI=1S/C15H10F2N2/c16-12-1-5-14(6-2-12)18-9-10-19(11-18)15-7-3-13(17)4-8-15/h1-10H. The van der Waals surface area contributed by atoms with Crippen LogP contribution < -0.4 is 4.57 Å². The van der Waals surface area contributed by atoms with Gasteiger partial charge in [-0.25, -0.2) is 8.78 Å². The summed E-state index contributed by atoms with van der Waals surface area (Å²) in [6.07, 6.45) is 6.68. The molecule has 3 aromatic rings. The van der Waals surface area contributed by atoms with E-state index in [9.17, 15) is 8.78 Å². The van der Waals surface area contributed by atoms with Gasteiger partial charge in [0.15, 0.2) is 0 Å². The van der Waals surface area contributed by atoms with Crippen molar-refractivity contribution in [3.63, 3.8) is 0 Å². The largest absolute Gasteiger partial charge is 0.299 e. The minimum absolute atomic E-state index is 0.276. The van der Waals surface area contributed by atoms with Gasteiger partial charge in [-0.2, -0.15) is 0 Å². The molecule has 3 rings (SSSR count). The quantitative estimate of drug-likeness (QED) is 0.492. The van der Waals surface area contributed by atoms with E-state index < -0.39 is 0 Å². The molecule has 0 aliphatic rings. The van der Waals surface area contributed by atoms with Gasteiger partial charge in [-0.05, 0) is 48.5 Å². The van der Waals surface area contributed by atoms with E-state index in [1.54, 1.807) is 45.8 Å². The molecule has 1 aromatic heterocycles. The SMILES string of the molecule is Fc1ccc(-n2[c-][n+](-c3ccc(F)cc3)cc2)cc1. The van der Waals surface area contributed by atoms with Gasteiger partial charge in [0.1, 0.15) is 11.6 Å². The molecule has 0 bridgehead atoms. The maximum atomic E-state index is 12.9. The molecule has 0 atom stereocenters. The molecule has 0 fully saturated rings. The number of halogens is 2. The number of rotatable bonds is 2. The minimum Gasteiger partial charge on any atom is -0.299 e. The Morgan fingerprint density at radius 2 is 1.42 bits per heavy atom. The van der Waals surface area contributed by atoms with Crippen molar-refractivity contribution >= 4 is 0 Å². The average molecular weight is 256 g/mol. The molecule has 19 heavy (non-hydrogen) atoms. The molecule has 4 heteroatoms. The van der Waals surface area contributed by atoms with Gasteiger partial charge in [0.25, 0.3) is 6.33 Å². The third-order valence-corrected chi connectivity index (χ3v) is 2.79. The molecule has 94 valence electrons. The summed E-state index contributed by atoms with van der Waals surface area (Å²) in [6, 6.07) is 12.2. The van der Waals surface area contributed by atoms with Gasteiger partial charge >= 0.3 is 0 Å². The lowest BCUT2D eigenvalue weighted by Gasteiger charge is -2.01. The Morgan fingerprint density at radius 1 is 0.842 bits per heavy atom. The van der Waals surface area contributed by atoms with Crippen molar-refractivity contribution in [2.45, 2.75) is 0 Å². The summed E-state index contributed by atoms with van der Waals surface area (Å²) in [4.78, 5) is 0. The van der Waals surface area contributed by atoms with E-state index in [-0.39, 0.29) is 11.6 Å². The Morgan fingerprint density at radius 3 is 2.05 bits per heavy atom. The minimum atomic E-state index is -0.276. The second-order valence-corrected chi connectivity index (χ2v) is 4.09. The van der Waals surface area contributed by atoms with Crippen molar-refractivity contribution in [1.29, 1.82) is 0 Å². The van der Waals surface area contributed by atoms with Crippen LogP contribution in [0.1, 0.15) is 0 Å². The molecular formula is C15H10F2N2. The van der Waals surface area contributed by atoms with Crippen LogP contribution in [0.15, 0.2) is 60.9 Å².